The Morgan fingerprint density at radius 1 is 1.05 bits per heavy atom. The number of rotatable bonds is 7. The van der Waals surface area contributed by atoms with E-state index in [0.717, 1.165) is 0 Å². The Hall–Kier alpha value is -3.04. The Bertz CT molecular complexity index is 602. The van der Waals surface area contributed by atoms with E-state index < -0.39 is 0 Å². The molecule has 0 aliphatic heterocycles. The third kappa shape index (κ3) is 4.51. The standard InChI is InChI=1S/C12H14N6O4/c1-20-11-16-8(17-12(18-11)21-2)6-15-9(19)7-22-10-13-4-3-5-14-10/h3-5H,6-7H2,1-2H3,(H,15,19). The van der Waals surface area contributed by atoms with E-state index in [0.29, 0.717) is 5.82 Å². The normalized spacial score (nSPS) is 9.91. The minimum atomic E-state index is -0.370. The molecule has 0 spiro atoms. The minimum Gasteiger partial charge on any atom is -0.467 e. The van der Waals surface area contributed by atoms with Crippen LogP contribution in [0.25, 0.3) is 0 Å². The first-order chi connectivity index (χ1) is 10.7. The van der Waals surface area contributed by atoms with Crippen molar-refractivity contribution in [3.05, 3.63) is 24.3 Å². The van der Waals surface area contributed by atoms with Crippen molar-refractivity contribution in [1.82, 2.24) is 30.2 Å². The highest BCUT2D eigenvalue weighted by molar-refractivity contribution is 5.77. The Kier molecular flexibility index (Phi) is 5.35. The summed E-state index contributed by atoms with van der Waals surface area (Å²) in [7, 11) is 2.84. The molecule has 2 aromatic rings. The van der Waals surface area contributed by atoms with Crippen LogP contribution in [-0.4, -0.2) is 51.7 Å². The van der Waals surface area contributed by atoms with Gasteiger partial charge in [0.1, 0.15) is 0 Å². The minimum absolute atomic E-state index is 0.0765. The predicted octanol–water partition coefficient (Wildman–Crippen LogP) is -0.626. The molecule has 0 atom stereocenters. The second-order valence-electron chi connectivity index (χ2n) is 3.82. The second kappa shape index (κ2) is 7.67. The van der Waals surface area contributed by atoms with E-state index in [-0.39, 0.29) is 37.1 Å². The van der Waals surface area contributed by atoms with Crippen LogP contribution in [0.15, 0.2) is 18.5 Å². The van der Waals surface area contributed by atoms with Gasteiger partial charge < -0.3 is 19.5 Å². The van der Waals surface area contributed by atoms with Gasteiger partial charge in [0.05, 0.1) is 20.8 Å². The number of hydrogen-bond donors (Lipinski definition) is 1. The molecule has 1 N–H and O–H groups in total. The Balaban J connectivity index is 1.85. The van der Waals surface area contributed by atoms with Gasteiger partial charge in [-0.1, -0.05) is 0 Å². The summed E-state index contributed by atoms with van der Waals surface area (Å²) in [4.78, 5) is 31.2. The Morgan fingerprint density at radius 3 is 2.27 bits per heavy atom. The van der Waals surface area contributed by atoms with Gasteiger partial charge in [-0.3, -0.25) is 4.79 Å². The Labute approximate surface area is 125 Å². The zero-order chi connectivity index (χ0) is 15.8. The predicted molar refractivity (Wildman–Crippen MR) is 72.3 cm³/mol. The molecule has 0 saturated heterocycles. The van der Waals surface area contributed by atoms with Crippen LogP contribution in [0, 0.1) is 0 Å². The van der Waals surface area contributed by atoms with Gasteiger partial charge in [-0.2, -0.15) is 9.97 Å². The van der Waals surface area contributed by atoms with Crippen LogP contribution in [0.2, 0.25) is 0 Å². The molecule has 10 nitrogen and oxygen atoms in total. The summed E-state index contributed by atoms with van der Waals surface area (Å²) in [5.74, 6) is -0.0705. The average Bonchev–Trinajstić information content (AvgIpc) is 2.58. The molecule has 1 amide bonds. The summed E-state index contributed by atoms with van der Waals surface area (Å²) in [6.07, 6.45) is 3.03. The number of amides is 1. The van der Waals surface area contributed by atoms with Crippen LogP contribution < -0.4 is 19.5 Å². The SMILES string of the molecule is COc1nc(CNC(=O)COc2ncccn2)nc(OC)n1. The molecule has 0 saturated carbocycles. The first-order valence-electron chi connectivity index (χ1n) is 6.20. The first-order valence-corrected chi connectivity index (χ1v) is 6.20. The van der Waals surface area contributed by atoms with Crippen LogP contribution in [0.5, 0.6) is 18.0 Å². The number of nitrogens with one attached hydrogen (secondary N) is 1. The van der Waals surface area contributed by atoms with Crippen molar-refractivity contribution < 1.29 is 19.0 Å². The molecule has 116 valence electrons. The number of aromatic nitrogens is 5. The molecule has 0 aliphatic rings. The lowest BCUT2D eigenvalue weighted by Crippen LogP contribution is -2.29. The summed E-state index contributed by atoms with van der Waals surface area (Å²) in [6, 6.07) is 1.98. The van der Waals surface area contributed by atoms with Crippen LogP contribution >= 0.6 is 0 Å². The van der Waals surface area contributed by atoms with Gasteiger partial charge in [0.25, 0.3) is 5.91 Å². The Morgan fingerprint density at radius 2 is 1.68 bits per heavy atom. The van der Waals surface area contributed by atoms with E-state index >= 15 is 0 Å². The third-order valence-electron chi connectivity index (χ3n) is 2.32. The fourth-order valence-electron chi connectivity index (χ4n) is 1.36. The molecule has 0 bridgehead atoms. The smallest absolute Gasteiger partial charge is 0.322 e. The third-order valence-corrected chi connectivity index (χ3v) is 2.32. The van der Waals surface area contributed by atoms with Gasteiger partial charge in [-0.25, -0.2) is 9.97 Å². The second-order valence-corrected chi connectivity index (χ2v) is 3.82. The van der Waals surface area contributed by atoms with Crippen molar-refractivity contribution in [3.8, 4) is 18.0 Å². The zero-order valence-corrected chi connectivity index (χ0v) is 12.0. The summed E-state index contributed by atoms with van der Waals surface area (Å²) in [5, 5.41) is 2.59. The molecule has 2 rings (SSSR count). The molecule has 22 heavy (non-hydrogen) atoms. The largest absolute Gasteiger partial charge is 0.467 e. The molecule has 0 aliphatic carbocycles. The average molecular weight is 306 g/mol. The summed E-state index contributed by atoms with van der Waals surface area (Å²) in [5.41, 5.74) is 0. The van der Waals surface area contributed by atoms with Crippen molar-refractivity contribution >= 4 is 5.91 Å². The number of carbonyl (C=O) groups excluding carboxylic acids is 1. The quantitative estimate of drug-likeness (QED) is 0.712. The summed E-state index contributed by atoms with van der Waals surface area (Å²) < 4.78 is 14.9. The number of ether oxygens (including phenoxy) is 3. The van der Waals surface area contributed by atoms with Gasteiger partial charge in [0.15, 0.2) is 12.4 Å². The topological polar surface area (TPSA) is 121 Å². The van der Waals surface area contributed by atoms with Crippen molar-refractivity contribution in [2.24, 2.45) is 0 Å². The highest BCUT2D eigenvalue weighted by Crippen LogP contribution is 2.08. The number of carbonyl (C=O) groups is 1. The molecule has 2 heterocycles. The van der Waals surface area contributed by atoms with Gasteiger partial charge >= 0.3 is 18.0 Å². The molecule has 0 fully saturated rings. The van der Waals surface area contributed by atoms with Crippen molar-refractivity contribution in [2.75, 3.05) is 20.8 Å². The first kappa shape index (κ1) is 15.4. The van der Waals surface area contributed by atoms with E-state index in [1.165, 1.54) is 26.6 Å². The van der Waals surface area contributed by atoms with Crippen molar-refractivity contribution in [3.63, 3.8) is 0 Å². The zero-order valence-electron chi connectivity index (χ0n) is 12.0. The van der Waals surface area contributed by atoms with Crippen LogP contribution in [-0.2, 0) is 11.3 Å². The number of methoxy groups -OCH3 is 2. The van der Waals surface area contributed by atoms with E-state index in [1.54, 1.807) is 6.07 Å². The highest BCUT2D eigenvalue weighted by Gasteiger charge is 2.09. The van der Waals surface area contributed by atoms with Crippen molar-refractivity contribution in [2.45, 2.75) is 6.54 Å². The lowest BCUT2D eigenvalue weighted by molar-refractivity contribution is -0.123. The highest BCUT2D eigenvalue weighted by atomic mass is 16.5. The summed E-state index contributed by atoms with van der Waals surface area (Å²) >= 11 is 0. The van der Waals surface area contributed by atoms with Crippen LogP contribution in [0.4, 0.5) is 0 Å². The van der Waals surface area contributed by atoms with Crippen LogP contribution in [0.1, 0.15) is 5.82 Å². The molecule has 10 heteroatoms. The molecular weight excluding hydrogens is 292 g/mol. The summed E-state index contributed by atoms with van der Waals surface area (Å²) in [6.45, 7) is -0.142. The number of nitrogens with zero attached hydrogens (tertiary/aromatic N) is 5. The molecular formula is C12H14N6O4. The van der Waals surface area contributed by atoms with Gasteiger partial charge in [0, 0.05) is 12.4 Å². The van der Waals surface area contributed by atoms with Gasteiger partial charge in [-0.05, 0) is 6.07 Å². The molecule has 0 unspecified atom stereocenters. The lowest BCUT2D eigenvalue weighted by atomic mass is 10.5. The molecule has 0 radical (unpaired) electrons. The maximum absolute atomic E-state index is 11.7. The fraction of sp³-hybridized carbons (Fsp3) is 0.333. The van der Waals surface area contributed by atoms with E-state index in [9.17, 15) is 4.79 Å². The number of hydrogen-bond acceptors (Lipinski definition) is 9. The van der Waals surface area contributed by atoms with E-state index in [1.807, 2.05) is 0 Å². The molecule has 0 aromatic carbocycles. The maximum atomic E-state index is 11.7. The fourth-order valence-corrected chi connectivity index (χ4v) is 1.36. The van der Waals surface area contributed by atoms with E-state index in [2.05, 4.69) is 30.2 Å². The van der Waals surface area contributed by atoms with Gasteiger partial charge in [-0.15, -0.1) is 4.98 Å². The van der Waals surface area contributed by atoms with Gasteiger partial charge in [0.2, 0.25) is 0 Å². The van der Waals surface area contributed by atoms with Crippen LogP contribution in [0.3, 0.4) is 0 Å². The van der Waals surface area contributed by atoms with Crippen molar-refractivity contribution in [1.29, 1.82) is 0 Å². The maximum Gasteiger partial charge on any atom is 0.322 e. The molecule has 2 aromatic heterocycles. The van der Waals surface area contributed by atoms with E-state index in [4.69, 9.17) is 14.2 Å². The lowest BCUT2D eigenvalue weighted by Gasteiger charge is -2.07. The monoisotopic (exact) mass is 306 g/mol.